The number of aromatic nitrogens is 4. The Hall–Kier alpha value is -2.34. The third kappa shape index (κ3) is 4.25. The first kappa shape index (κ1) is 20.0. The second-order valence-electron chi connectivity index (χ2n) is 6.46. The van der Waals surface area contributed by atoms with E-state index in [-0.39, 0.29) is 18.5 Å². The zero-order valence-corrected chi connectivity index (χ0v) is 16.3. The van der Waals surface area contributed by atoms with E-state index in [2.05, 4.69) is 33.8 Å². The highest BCUT2D eigenvalue weighted by molar-refractivity contribution is 5.88. The van der Waals surface area contributed by atoms with Crippen molar-refractivity contribution in [3.05, 3.63) is 41.7 Å². The lowest BCUT2D eigenvalue weighted by molar-refractivity contribution is 0.232. The summed E-state index contributed by atoms with van der Waals surface area (Å²) in [6.45, 7) is 6.82. The van der Waals surface area contributed by atoms with Gasteiger partial charge in [-0.1, -0.05) is 43.7 Å². The van der Waals surface area contributed by atoms with Crippen molar-refractivity contribution < 1.29 is 4.74 Å². The maximum atomic E-state index is 6.06. The zero-order valence-electron chi connectivity index (χ0n) is 15.5. The van der Waals surface area contributed by atoms with Crippen molar-refractivity contribution in [1.29, 1.82) is 0 Å². The van der Waals surface area contributed by atoms with Crippen molar-refractivity contribution in [2.45, 2.75) is 52.7 Å². The van der Waals surface area contributed by atoms with Crippen LogP contribution in [0.15, 0.2) is 30.3 Å². The fourth-order valence-electron chi connectivity index (χ4n) is 2.85. The second-order valence-corrected chi connectivity index (χ2v) is 6.46. The lowest BCUT2D eigenvalue weighted by Crippen LogP contribution is -2.11. The number of fused-ring (bicyclic) bond motifs is 1. The summed E-state index contributed by atoms with van der Waals surface area (Å²) >= 11 is 0. The van der Waals surface area contributed by atoms with Gasteiger partial charge in [0, 0.05) is 13.0 Å². The first-order valence-corrected chi connectivity index (χ1v) is 8.82. The molecule has 0 amide bonds. The van der Waals surface area contributed by atoms with Crippen LogP contribution in [0.1, 0.15) is 45.0 Å². The minimum absolute atomic E-state index is 0. The molecule has 0 bridgehead atoms. The molecule has 140 valence electrons. The Morgan fingerprint density at radius 3 is 2.54 bits per heavy atom. The predicted octanol–water partition coefficient (Wildman–Crippen LogP) is 4.01. The predicted molar refractivity (Wildman–Crippen MR) is 107 cm³/mol. The van der Waals surface area contributed by atoms with Crippen LogP contribution in [-0.2, 0) is 13.0 Å². The van der Waals surface area contributed by atoms with Crippen LogP contribution in [0.25, 0.3) is 11.0 Å². The van der Waals surface area contributed by atoms with Gasteiger partial charge in [-0.15, -0.1) is 22.6 Å². The standard InChI is InChI=1S/C19H25N5O.ClH/c1-4-5-11-15-21-16-17(19(25-13(2)3)23-22-18(16)20)24(15)12-14-9-7-6-8-10-14;/h6-10,13H,4-5,11-12H2,1-3H3,(H2,20,22);1H. The van der Waals surface area contributed by atoms with Gasteiger partial charge in [-0.2, -0.15) is 0 Å². The average Bonchev–Trinajstić information content (AvgIpc) is 2.96. The van der Waals surface area contributed by atoms with Gasteiger partial charge in [-0.3, -0.25) is 0 Å². The van der Waals surface area contributed by atoms with Gasteiger partial charge in [-0.25, -0.2) is 4.98 Å². The minimum Gasteiger partial charge on any atom is -0.472 e. The molecule has 1 aromatic carbocycles. The summed E-state index contributed by atoms with van der Waals surface area (Å²) < 4.78 is 8.06. The first-order valence-electron chi connectivity index (χ1n) is 8.82. The number of imidazole rings is 1. The van der Waals surface area contributed by atoms with Crippen LogP contribution in [-0.4, -0.2) is 25.9 Å². The number of hydrogen-bond donors (Lipinski definition) is 1. The van der Waals surface area contributed by atoms with E-state index >= 15 is 0 Å². The van der Waals surface area contributed by atoms with Crippen LogP contribution < -0.4 is 10.5 Å². The normalized spacial score (nSPS) is 10.9. The van der Waals surface area contributed by atoms with Gasteiger partial charge in [0.05, 0.1) is 6.10 Å². The Balaban J connectivity index is 0.00000243. The molecule has 2 aromatic heterocycles. The number of unbranched alkanes of at least 4 members (excludes halogenated alkanes) is 1. The number of nitrogens with two attached hydrogens (primary N) is 1. The summed E-state index contributed by atoms with van der Waals surface area (Å²) in [5, 5.41) is 8.21. The number of nitrogens with zero attached hydrogens (tertiary/aromatic N) is 4. The van der Waals surface area contributed by atoms with Crippen LogP contribution in [0.3, 0.4) is 0 Å². The molecule has 0 aliphatic carbocycles. The fourth-order valence-corrected chi connectivity index (χ4v) is 2.85. The van der Waals surface area contributed by atoms with E-state index in [9.17, 15) is 0 Å². The van der Waals surface area contributed by atoms with Crippen molar-refractivity contribution in [1.82, 2.24) is 19.7 Å². The summed E-state index contributed by atoms with van der Waals surface area (Å²) in [6.07, 6.45) is 3.06. The van der Waals surface area contributed by atoms with Gasteiger partial charge in [-0.05, 0) is 25.8 Å². The second kappa shape index (κ2) is 8.85. The molecule has 0 unspecified atom stereocenters. The number of ether oxygens (including phenoxy) is 1. The van der Waals surface area contributed by atoms with Crippen LogP contribution >= 0.6 is 12.4 Å². The van der Waals surface area contributed by atoms with Crippen LogP contribution in [0.2, 0.25) is 0 Å². The summed E-state index contributed by atoms with van der Waals surface area (Å²) in [5.74, 6) is 1.83. The van der Waals surface area contributed by atoms with Gasteiger partial charge >= 0.3 is 0 Å². The molecule has 6 nitrogen and oxygen atoms in total. The number of aryl methyl sites for hydroxylation is 1. The molecular formula is C19H26ClN5O. The van der Waals surface area contributed by atoms with Crippen LogP contribution in [0.5, 0.6) is 5.88 Å². The molecule has 2 heterocycles. The third-order valence-corrected chi connectivity index (χ3v) is 4.03. The van der Waals surface area contributed by atoms with E-state index in [4.69, 9.17) is 15.5 Å². The molecule has 0 saturated heterocycles. The smallest absolute Gasteiger partial charge is 0.260 e. The molecule has 0 fully saturated rings. The van der Waals surface area contributed by atoms with E-state index < -0.39 is 0 Å². The molecule has 2 N–H and O–H groups in total. The number of nitrogen functional groups attached to an aromatic ring is 1. The quantitative estimate of drug-likeness (QED) is 0.675. The largest absolute Gasteiger partial charge is 0.472 e. The number of halogens is 1. The summed E-state index contributed by atoms with van der Waals surface area (Å²) in [7, 11) is 0. The highest BCUT2D eigenvalue weighted by atomic mass is 35.5. The molecule has 0 aliphatic rings. The molecule has 3 aromatic rings. The lowest BCUT2D eigenvalue weighted by atomic mass is 10.2. The first-order chi connectivity index (χ1) is 12.1. The Morgan fingerprint density at radius 2 is 1.88 bits per heavy atom. The average molecular weight is 376 g/mol. The third-order valence-electron chi connectivity index (χ3n) is 4.03. The van der Waals surface area contributed by atoms with Gasteiger partial charge < -0.3 is 15.0 Å². The van der Waals surface area contributed by atoms with Crippen molar-refractivity contribution >= 4 is 29.3 Å². The number of hydrogen-bond acceptors (Lipinski definition) is 5. The van der Waals surface area contributed by atoms with Gasteiger partial charge in [0.15, 0.2) is 5.82 Å². The van der Waals surface area contributed by atoms with E-state index in [1.807, 2.05) is 32.0 Å². The molecule has 0 saturated carbocycles. The SMILES string of the molecule is CCCCc1nc2c(N)nnc(OC(C)C)c2n1Cc1ccccc1.Cl. The van der Waals surface area contributed by atoms with Crippen LogP contribution in [0.4, 0.5) is 5.82 Å². The minimum atomic E-state index is 0. The highest BCUT2D eigenvalue weighted by Gasteiger charge is 2.20. The Labute approximate surface area is 160 Å². The lowest BCUT2D eigenvalue weighted by Gasteiger charge is -2.13. The number of rotatable bonds is 7. The van der Waals surface area contributed by atoms with E-state index in [0.717, 1.165) is 30.6 Å². The maximum Gasteiger partial charge on any atom is 0.260 e. The van der Waals surface area contributed by atoms with Gasteiger partial charge in [0.25, 0.3) is 5.88 Å². The van der Waals surface area contributed by atoms with E-state index in [0.29, 0.717) is 23.8 Å². The van der Waals surface area contributed by atoms with E-state index in [1.165, 1.54) is 5.56 Å². The molecular weight excluding hydrogens is 350 g/mol. The molecule has 0 aliphatic heterocycles. The van der Waals surface area contributed by atoms with Gasteiger partial charge in [0.2, 0.25) is 0 Å². The van der Waals surface area contributed by atoms with Gasteiger partial charge in [0.1, 0.15) is 16.9 Å². The van der Waals surface area contributed by atoms with Crippen molar-refractivity contribution in [3.63, 3.8) is 0 Å². The summed E-state index contributed by atoms with van der Waals surface area (Å²) in [5.41, 5.74) is 8.76. The highest BCUT2D eigenvalue weighted by Crippen LogP contribution is 2.29. The molecule has 0 atom stereocenters. The van der Waals surface area contributed by atoms with E-state index in [1.54, 1.807) is 0 Å². The molecule has 7 heteroatoms. The topological polar surface area (TPSA) is 78.8 Å². The Morgan fingerprint density at radius 1 is 1.15 bits per heavy atom. The fraction of sp³-hybridized carbons (Fsp3) is 0.421. The molecule has 26 heavy (non-hydrogen) atoms. The zero-order chi connectivity index (χ0) is 17.8. The number of anilines is 1. The maximum absolute atomic E-state index is 6.06. The Bertz CT molecular complexity index is 848. The molecule has 0 radical (unpaired) electrons. The Kier molecular flexibility index (Phi) is 6.80. The van der Waals surface area contributed by atoms with Crippen molar-refractivity contribution in [2.24, 2.45) is 0 Å². The monoisotopic (exact) mass is 375 g/mol. The summed E-state index contributed by atoms with van der Waals surface area (Å²) in [4.78, 5) is 4.77. The van der Waals surface area contributed by atoms with Crippen molar-refractivity contribution in [3.8, 4) is 5.88 Å². The van der Waals surface area contributed by atoms with Crippen LogP contribution in [0, 0.1) is 0 Å². The summed E-state index contributed by atoms with van der Waals surface area (Å²) in [6, 6.07) is 10.3. The molecule has 3 rings (SSSR count). The molecule has 0 spiro atoms. The van der Waals surface area contributed by atoms with Crippen molar-refractivity contribution in [2.75, 3.05) is 5.73 Å². The number of benzene rings is 1.